The molecule has 4 heterocycles. The van der Waals surface area contributed by atoms with Crippen LogP contribution in [0.3, 0.4) is 0 Å². The third kappa shape index (κ3) is 8.34. The van der Waals surface area contributed by atoms with Crippen LogP contribution in [0.5, 0.6) is 11.5 Å². The standard InChI is InChI=1S/C64H57N5O/c1-42-34-47(64(6,7)8)35-43(2)61(42)54-37-49(70-48-30-31-53-52-24-15-16-27-55(52)69(58(53)38-48)59-36-44(32-33-65-59)40-63(3,4)5)39-60(66-54)67-41-68(57-29-18-17-28-56(57)67)62-50(45-20-11-9-12-21-45)25-19-26-51(62)46-22-13-10-14-23-46/h9-39H,40H2,1-8H3/i9D,10D,11D,12D,13D,14D,20D,21D,22D,23D,40D2. The topological polar surface area (TPSA) is 48.8 Å². The first-order valence-corrected chi connectivity index (χ1v) is 23.2. The Bertz CT molecular complexity index is 4310. The molecule has 0 radical (unpaired) electrons. The lowest BCUT2D eigenvalue weighted by atomic mass is 9.83. The van der Waals surface area contributed by atoms with Crippen LogP contribution in [0.1, 0.15) is 80.2 Å². The molecule has 0 N–H and O–H groups in total. The number of imidazole rings is 1. The van der Waals surface area contributed by atoms with E-state index in [1.165, 1.54) is 0 Å². The van der Waals surface area contributed by atoms with E-state index in [0.717, 1.165) is 44.1 Å². The molecular weight excluding hydrogens is 855 g/mol. The maximum Gasteiger partial charge on any atom is 0.271 e. The fraction of sp³-hybridized carbons (Fsp3) is 0.172. The van der Waals surface area contributed by atoms with Crippen molar-refractivity contribution in [3.8, 4) is 62.3 Å². The van der Waals surface area contributed by atoms with Crippen molar-refractivity contribution >= 4 is 32.8 Å². The highest BCUT2D eigenvalue weighted by Crippen LogP contribution is 2.40. The molecule has 0 saturated heterocycles. The van der Waals surface area contributed by atoms with E-state index in [0.29, 0.717) is 45.4 Å². The summed E-state index contributed by atoms with van der Waals surface area (Å²) in [6.07, 6.45) is 3.45. The Morgan fingerprint density at radius 2 is 1.27 bits per heavy atom. The zero-order valence-electron chi connectivity index (χ0n) is 52.3. The fourth-order valence-electron chi connectivity index (χ4n) is 9.39. The van der Waals surface area contributed by atoms with Crippen molar-refractivity contribution in [2.45, 2.75) is 67.2 Å². The van der Waals surface area contributed by atoms with Gasteiger partial charge in [-0.25, -0.2) is 9.97 Å². The number of benzene rings is 7. The summed E-state index contributed by atoms with van der Waals surface area (Å²) in [5.41, 5.74) is 6.89. The maximum atomic E-state index is 9.17. The van der Waals surface area contributed by atoms with Crippen molar-refractivity contribution < 1.29 is 25.8 Å². The number of ether oxygens (including phenoxy) is 1. The van der Waals surface area contributed by atoms with Crippen molar-refractivity contribution in [3.05, 3.63) is 217 Å². The van der Waals surface area contributed by atoms with E-state index in [1.807, 2.05) is 98.1 Å². The highest BCUT2D eigenvalue weighted by Gasteiger charge is 2.24. The van der Waals surface area contributed by atoms with Crippen LogP contribution in [-0.2, 0) is 11.8 Å². The van der Waals surface area contributed by atoms with Crippen molar-refractivity contribution in [1.29, 1.82) is 0 Å². The van der Waals surface area contributed by atoms with Crippen molar-refractivity contribution in [2.75, 3.05) is 0 Å². The second-order valence-corrected chi connectivity index (χ2v) is 19.7. The lowest BCUT2D eigenvalue weighted by molar-refractivity contribution is -0.571. The van der Waals surface area contributed by atoms with Gasteiger partial charge in [-0.2, -0.15) is 0 Å². The second kappa shape index (κ2) is 17.5. The van der Waals surface area contributed by atoms with Gasteiger partial charge in [-0.1, -0.05) is 175 Å². The Balaban J connectivity index is 1.17. The van der Waals surface area contributed by atoms with Crippen LogP contribution in [0.25, 0.3) is 83.7 Å². The molecule has 0 aliphatic rings. The Morgan fingerprint density at radius 3 is 1.94 bits per heavy atom. The Morgan fingerprint density at radius 1 is 0.629 bits per heavy atom. The van der Waals surface area contributed by atoms with Crippen LogP contribution >= 0.6 is 0 Å². The van der Waals surface area contributed by atoms with Gasteiger partial charge >= 0.3 is 0 Å². The van der Waals surface area contributed by atoms with Crippen LogP contribution in [0.2, 0.25) is 0 Å². The van der Waals surface area contributed by atoms with Crippen LogP contribution in [0.15, 0.2) is 188 Å². The van der Waals surface area contributed by atoms with Gasteiger partial charge in [0.05, 0.1) is 47.2 Å². The smallest absolute Gasteiger partial charge is 0.271 e. The molecule has 0 amide bonds. The summed E-state index contributed by atoms with van der Waals surface area (Å²) in [7, 11) is 0. The second-order valence-electron chi connectivity index (χ2n) is 19.7. The number of para-hydroxylation sites is 4. The third-order valence-electron chi connectivity index (χ3n) is 12.4. The molecule has 6 nitrogen and oxygen atoms in total. The maximum absolute atomic E-state index is 9.17. The predicted molar refractivity (Wildman–Crippen MR) is 288 cm³/mol. The molecular formula is C64H57N5O. The number of nitrogens with zero attached hydrogens (tertiary/aromatic N) is 5. The molecule has 11 rings (SSSR count). The van der Waals surface area contributed by atoms with Gasteiger partial charge in [0.25, 0.3) is 6.33 Å². The molecule has 4 aromatic heterocycles. The van der Waals surface area contributed by atoms with Crippen molar-refractivity contribution in [2.24, 2.45) is 5.41 Å². The molecule has 0 aliphatic carbocycles. The number of pyridine rings is 2. The average molecular weight is 924 g/mol. The highest BCUT2D eigenvalue weighted by atomic mass is 16.5. The van der Waals surface area contributed by atoms with E-state index >= 15 is 0 Å². The predicted octanol–water partition coefficient (Wildman–Crippen LogP) is 15.9. The minimum absolute atomic E-state index is 0.115. The molecule has 0 aliphatic heterocycles. The zero-order valence-corrected chi connectivity index (χ0v) is 40.3. The molecule has 0 saturated carbocycles. The van der Waals surface area contributed by atoms with Crippen LogP contribution < -0.4 is 9.30 Å². The fourth-order valence-corrected chi connectivity index (χ4v) is 9.39. The van der Waals surface area contributed by atoms with E-state index in [9.17, 15) is 5.48 Å². The molecule has 0 spiro atoms. The summed E-state index contributed by atoms with van der Waals surface area (Å²) in [6, 6.07) is 31.9. The minimum Gasteiger partial charge on any atom is -0.458 e. The van der Waals surface area contributed by atoms with Crippen molar-refractivity contribution in [1.82, 2.24) is 19.1 Å². The Labute approximate surface area is 428 Å². The summed E-state index contributed by atoms with van der Waals surface area (Å²) in [6.45, 7) is 16.2. The molecule has 0 fully saturated rings. The summed E-state index contributed by atoms with van der Waals surface area (Å²) in [4.78, 5) is 10.2. The number of aromatic nitrogens is 5. The lowest BCUT2D eigenvalue weighted by Crippen LogP contribution is -2.31. The van der Waals surface area contributed by atoms with Crippen LogP contribution in [0.4, 0.5) is 0 Å². The first-order valence-electron chi connectivity index (χ1n) is 29.2. The average Bonchev–Trinajstić information content (AvgIpc) is 2.50. The summed E-state index contributed by atoms with van der Waals surface area (Å²) < 4.78 is 119. The monoisotopic (exact) mass is 924 g/mol. The van der Waals surface area contributed by atoms with E-state index in [1.54, 1.807) is 51.7 Å². The normalized spacial score (nSPS) is 14.7. The van der Waals surface area contributed by atoms with Gasteiger partial charge in [-0.3, -0.25) is 13.7 Å². The Hall–Kier alpha value is -8.09. The molecule has 6 heteroatoms. The van der Waals surface area contributed by atoms with E-state index in [4.69, 9.17) is 25.7 Å². The number of fused-ring (bicyclic) bond motifs is 4. The van der Waals surface area contributed by atoms with Gasteiger partial charge in [-0.15, -0.1) is 0 Å². The summed E-state index contributed by atoms with van der Waals surface area (Å²) in [5.74, 6) is 1.76. The number of aryl methyl sites for hydroxylation is 2. The van der Waals surface area contributed by atoms with Crippen molar-refractivity contribution in [3.63, 3.8) is 0 Å². The summed E-state index contributed by atoms with van der Waals surface area (Å²) in [5, 5.41) is 1.90. The van der Waals surface area contributed by atoms with E-state index in [2.05, 4.69) is 53.1 Å². The number of hydrogen-bond donors (Lipinski definition) is 0. The minimum atomic E-state index is -1.68. The largest absolute Gasteiger partial charge is 0.458 e. The van der Waals surface area contributed by atoms with Gasteiger partial charge < -0.3 is 4.74 Å². The van der Waals surface area contributed by atoms with Gasteiger partial charge in [0.2, 0.25) is 0 Å². The molecule has 0 bridgehead atoms. The van der Waals surface area contributed by atoms with Crippen LogP contribution in [0, 0.1) is 25.6 Å². The van der Waals surface area contributed by atoms with Gasteiger partial charge in [0, 0.05) is 43.5 Å². The molecule has 70 heavy (non-hydrogen) atoms. The first kappa shape index (κ1) is 32.6. The Kier molecular flexibility index (Phi) is 8.14. The molecule has 0 unspecified atom stereocenters. The quantitative estimate of drug-likeness (QED) is 0.107. The molecule has 11 aromatic rings. The zero-order chi connectivity index (χ0) is 58.8. The number of rotatable bonds is 9. The van der Waals surface area contributed by atoms with Gasteiger partial charge in [-0.05, 0) is 106 Å². The molecule has 7 aromatic carbocycles. The summed E-state index contributed by atoms with van der Waals surface area (Å²) >= 11 is 0. The lowest BCUT2D eigenvalue weighted by Gasteiger charge is -2.22. The SMILES string of the molecule is [2H]c1c([2H])c([2H])c(-c2cccc(-c3c([2H])c([2H])c([2H])c([2H])c3[2H])c2-[n+]2[c-]n(-c3cc(Oc4ccc5c6ccccc6n(-c6cc(C([2H])([2H])C(C)(C)C)ccn6)c5c4)cc(-c4c(C)cc(C(C)(C)C)cc4C)n3)c3ccccc32)c([2H])c1[2H]. The van der Waals surface area contributed by atoms with E-state index < -0.39 is 72.2 Å². The van der Waals surface area contributed by atoms with Gasteiger partial charge in [0.15, 0.2) is 5.82 Å². The third-order valence-corrected chi connectivity index (χ3v) is 12.4. The molecule has 344 valence electrons. The van der Waals surface area contributed by atoms with E-state index in [-0.39, 0.29) is 33.4 Å². The first-order chi connectivity index (χ1) is 38.7. The number of hydrogen-bond acceptors (Lipinski definition) is 3. The van der Waals surface area contributed by atoms with Gasteiger partial charge in [0.1, 0.15) is 17.3 Å². The van der Waals surface area contributed by atoms with Crippen LogP contribution in [-0.4, -0.2) is 19.1 Å². The molecule has 0 atom stereocenters. The highest BCUT2D eigenvalue weighted by molar-refractivity contribution is 6.09.